The molecular weight excluding hydrogens is 142 g/mol. The van der Waals surface area contributed by atoms with Gasteiger partial charge in [-0.3, -0.25) is 0 Å². The van der Waals surface area contributed by atoms with Crippen LogP contribution in [0.2, 0.25) is 0 Å². The van der Waals surface area contributed by atoms with Crippen LogP contribution in [0.5, 0.6) is 5.75 Å². The van der Waals surface area contributed by atoms with Crippen molar-refractivity contribution in [3.63, 3.8) is 0 Å². The van der Waals surface area contributed by atoms with Crippen LogP contribution in [0, 0.1) is 13.8 Å². The Bertz CT molecular complexity index is 230. The zero-order valence-corrected chi connectivity index (χ0v) is 6.89. The molecule has 0 radical (unpaired) electrons. The molecule has 0 amide bonds. The Morgan fingerprint density at radius 2 is 2.27 bits per heavy atom. The second-order valence-corrected chi connectivity index (χ2v) is 2.41. The SMILES string of the molecule is Cc1cc(OCCN)c(C)o1. The van der Waals surface area contributed by atoms with Gasteiger partial charge >= 0.3 is 0 Å². The molecule has 1 rings (SSSR count). The summed E-state index contributed by atoms with van der Waals surface area (Å²) in [6, 6.07) is 1.87. The van der Waals surface area contributed by atoms with E-state index in [0.29, 0.717) is 13.2 Å². The van der Waals surface area contributed by atoms with E-state index in [2.05, 4.69) is 0 Å². The fourth-order valence-corrected chi connectivity index (χ4v) is 0.920. The standard InChI is InChI=1S/C8H13NO2/c1-6-5-8(7(2)11-6)10-4-3-9/h5H,3-4,9H2,1-2H3. The Labute approximate surface area is 66.1 Å². The molecule has 11 heavy (non-hydrogen) atoms. The molecule has 3 heteroatoms. The van der Waals surface area contributed by atoms with Gasteiger partial charge in [0.15, 0.2) is 5.75 Å². The number of hydrogen-bond acceptors (Lipinski definition) is 3. The van der Waals surface area contributed by atoms with Crippen molar-refractivity contribution in [2.45, 2.75) is 13.8 Å². The molecule has 0 saturated carbocycles. The number of nitrogens with two attached hydrogens (primary N) is 1. The molecular formula is C8H13NO2. The maximum absolute atomic E-state index is 5.29. The number of hydrogen-bond donors (Lipinski definition) is 1. The summed E-state index contributed by atoms with van der Waals surface area (Å²) in [6.45, 7) is 4.84. The van der Waals surface area contributed by atoms with Crippen molar-refractivity contribution in [2.24, 2.45) is 5.73 Å². The third-order valence-corrected chi connectivity index (χ3v) is 1.37. The molecule has 0 bridgehead atoms. The monoisotopic (exact) mass is 155 g/mol. The van der Waals surface area contributed by atoms with E-state index in [0.717, 1.165) is 17.3 Å². The highest BCUT2D eigenvalue weighted by Gasteiger charge is 2.03. The molecule has 0 aliphatic carbocycles. The fourth-order valence-electron chi connectivity index (χ4n) is 0.920. The summed E-state index contributed by atoms with van der Waals surface area (Å²) in [5, 5.41) is 0. The van der Waals surface area contributed by atoms with E-state index in [4.69, 9.17) is 14.9 Å². The molecule has 1 aromatic heterocycles. The summed E-state index contributed by atoms with van der Waals surface area (Å²) in [5.41, 5.74) is 5.28. The molecule has 0 saturated heterocycles. The minimum atomic E-state index is 0.531. The minimum absolute atomic E-state index is 0.531. The first-order chi connectivity index (χ1) is 5.24. The van der Waals surface area contributed by atoms with Gasteiger partial charge in [-0.05, 0) is 13.8 Å². The van der Waals surface area contributed by atoms with E-state index >= 15 is 0 Å². The van der Waals surface area contributed by atoms with Gasteiger partial charge in [-0.15, -0.1) is 0 Å². The second kappa shape index (κ2) is 3.44. The van der Waals surface area contributed by atoms with Crippen LogP contribution < -0.4 is 10.5 Å². The third kappa shape index (κ3) is 1.98. The smallest absolute Gasteiger partial charge is 0.160 e. The predicted octanol–water partition coefficient (Wildman–Crippen LogP) is 1.23. The lowest BCUT2D eigenvalue weighted by atomic mass is 10.4. The Morgan fingerprint density at radius 1 is 1.55 bits per heavy atom. The van der Waals surface area contributed by atoms with Gasteiger partial charge in [0.05, 0.1) is 0 Å². The predicted molar refractivity (Wildman–Crippen MR) is 42.7 cm³/mol. The van der Waals surface area contributed by atoms with Gasteiger partial charge in [0.2, 0.25) is 0 Å². The van der Waals surface area contributed by atoms with E-state index in [1.54, 1.807) is 0 Å². The van der Waals surface area contributed by atoms with E-state index in [-0.39, 0.29) is 0 Å². The van der Waals surface area contributed by atoms with Crippen molar-refractivity contribution in [3.8, 4) is 5.75 Å². The van der Waals surface area contributed by atoms with Gasteiger partial charge in [0.25, 0.3) is 0 Å². The summed E-state index contributed by atoms with van der Waals surface area (Å²) in [7, 11) is 0. The van der Waals surface area contributed by atoms with Crippen molar-refractivity contribution in [3.05, 3.63) is 17.6 Å². The molecule has 0 aliphatic rings. The van der Waals surface area contributed by atoms with Crippen LogP contribution in [-0.2, 0) is 0 Å². The first kappa shape index (κ1) is 8.14. The van der Waals surface area contributed by atoms with E-state index in [9.17, 15) is 0 Å². The molecule has 0 spiro atoms. The van der Waals surface area contributed by atoms with Crippen LogP contribution in [-0.4, -0.2) is 13.2 Å². The van der Waals surface area contributed by atoms with Gasteiger partial charge in [-0.25, -0.2) is 0 Å². The van der Waals surface area contributed by atoms with Gasteiger partial charge in [0, 0.05) is 12.6 Å². The molecule has 0 fully saturated rings. The van der Waals surface area contributed by atoms with Crippen LogP contribution in [0.25, 0.3) is 0 Å². The van der Waals surface area contributed by atoms with Crippen molar-refractivity contribution in [2.75, 3.05) is 13.2 Å². The van der Waals surface area contributed by atoms with Crippen molar-refractivity contribution in [1.82, 2.24) is 0 Å². The molecule has 2 N–H and O–H groups in total. The Morgan fingerprint density at radius 3 is 2.73 bits per heavy atom. The molecule has 0 aliphatic heterocycles. The largest absolute Gasteiger partial charge is 0.489 e. The highest BCUT2D eigenvalue weighted by atomic mass is 16.5. The Hall–Kier alpha value is -0.960. The van der Waals surface area contributed by atoms with E-state index in [1.165, 1.54) is 0 Å². The quantitative estimate of drug-likeness (QED) is 0.714. The number of ether oxygens (including phenoxy) is 1. The molecule has 3 nitrogen and oxygen atoms in total. The minimum Gasteiger partial charge on any atom is -0.489 e. The molecule has 0 atom stereocenters. The molecule has 1 aromatic rings. The molecule has 1 heterocycles. The van der Waals surface area contributed by atoms with Gasteiger partial charge in [0.1, 0.15) is 18.1 Å². The van der Waals surface area contributed by atoms with Crippen LogP contribution >= 0.6 is 0 Å². The Balaban J connectivity index is 2.62. The lowest BCUT2D eigenvalue weighted by Gasteiger charge is -1.99. The number of aryl methyl sites for hydroxylation is 2. The van der Waals surface area contributed by atoms with Crippen LogP contribution in [0.4, 0.5) is 0 Å². The highest BCUT2D eigenvalue weighted by molar-refractivity contribution is 5.26. The molecule has 0 aromatic carbocycles. The zero-order chi connectivity index (χ0) is 8.27. The van der Waals surface area contributed by atoms with Crippen LogP contribution in [0.15, 0.2) is 10.5 Å². The zero-order valence-electron chi connectivity index (χ0n) is 6.89. The Kier molecular flexibility index (Phi) is 2.54. The van der Waals surface area contributed by atoms with Crippen molar-refractivity contribution < 1.29 is 9.15 Å². The highest BCUT2D eigenvalue weighted by Crippen LogP contribution is 2.21. The number of furan rings is 1. The lowest BCUT2D eigenvalue weighted by Crippen LogP contribution is -2.10. The van der Waals surface area contributed by atoms with Crippen LogP contribution in [0.3, 0.4) is 0 Å². The summed E-state index contributed by atoms with van der Waals surface area (Å²) in [5.74, 6) is 2.48. The average molecular weight is 155 g/mol. The lowest BCUT2D eigenvalue weighted by molar-refractivity contribution is 0.319. The van der Waals surface area contributed by atoms with Crippen molar-refractivity contribution >= 4 is 0 Å². The molecule has 0 unspecified atom stereocenters. The van der Waals surface area contributed by atoms with Gasteiger partial charge in [-0.1, -0.05) is 0 Å². The van der Waals surface area contributed by atoms with Crippen LogP contribution in [0.1, 0.15) is 11.5 Å². The first-order valence-electron chi connectivity index (χ1n) is 3.64. The normalized spacial score (nSPS) is 10.1. The average Bonchev–Trinajstić information content (AvgIpc) is 2.26. The first-order valence-corrected chi connectivity index (χ1v) is 3.64. The third-order valence-electron chi connectivity index (χ3n) is 1.37. The number of rotatable bonds is 3. The van der Waals surface area contributed by atoms with Crippen molar-refractivity contribution in [1.29, 1.82) is 0 Å². The summed E-state index contributed by atoms with van der Waals surface area (Å²) in [6.07, 6.45) is 0. The van der Waals surface area contributed by atoms with Gasteiger partial charge < -0.3 is 14.9 Å². The van der Waals surface area contributed by atoms with Gasteiger partial charge in [-0.2, -0.15) is 0 Å². The van der Waals surface area contributed by atoms with E-state index in [1.807, 2.05) is 19.9 Å². The summed E-state index contributed by atoms with van der Waals surface area (Å²) in [4.78, 5) is 0. The summed E-state index contributed by atoms with van der Waals surface area (Å²) < 4.78 is 10.5. The maximum Gasteiger partial charge on any atom is 0.160 e. The maximum atomic E-state index is 5.29. The summed E-state index contributed by atoms with van der Waals surface area (Å²) >= 11 is 0. The van der Waals surface area contributed by atoms with E-state index < -0.39 is 0 Å². The molecule has 62 valence electrons. The topological polar surface area (TPSA) is 48.4 Å². The fraction of sp³-hybridized carbons (Fsp3) is 0.500. The second-order valence-electron chi connectivity index (χ2n) is 2.41.